The molecule has 3 aromatic rings. The van der Waals surface area contributed by atoms with Crippen molar-refractivity contribution in [2.24, 2.45) is 0 Å². The van der Waals surface area contributed by atoms with Crippen LogP contribution in [0.3, 0.4) is 0 Å². The number of aryl methyl sites for hydroxylation is 1. The van der Waals surface area contributed by atoms with Crippen LogP contribution in [0.1, 0.15) is 16.1 Å². The van der Waals surface area contributed by atoms with Crippen molar-refractivity contribution in [3.05, 3.63) is 47.0 Å². The number of halogens is 1. The Morgan fingerprint density at radius 1 is 1.40 bits per heavy atom. The van der Waals surface area contributed by atoms with E-state index in [0.29, 0.717) is 27.7 Å². The summed E-state index contributed by atoms with van der Waals surface area (Å²) >= 11 is 6.04. The van der Waals surface area contributed by atoms with Crippen LogP contribution in [0.4, 0.5) is 11.5 Å². The van der Waals surface area contributed by atoms with Crippen LogP contribution in [0, 0.1) is 6.92 Å². The third-order valence-electron chi connectivity index (χ3n) is 2.84. The Balaban J connectivity index is 2.08. The number of carbonyl (C=O) groups is 1. The second kappa shape index (κ2) is 4.90. The second-order valence-electron chi connectivity index (χ2n) is 4.22. The zero-order valence-corrected chi connectivity index (χ0v) is 11.3. The lowest BCUT2D eigenvalue weighted by Gasteiger charge is -2.09. The number of carbonyl (C=O) groups excluding carboxylic acids is 1. The van der Waals surface area contributed by atoms with Crippen LogP contribution in [0.2, 0.25) is 5.02 Å². The Labute approximate surface area is 119 Å². The molecule has 0 spiro atoms. The van der Waals surface area contributed by atoms with Crippen LogP contribution >= 0.6 is 11.6 Å². The van der Waals surface area contributed by atoms with Crippen molar-refractivity contribution in [2.45, 2.75) is 6.92 Å². The van der Waals surface area contributed by atoms with E-state index in [1.807, 2.05) is 13.0 Å². The van der Waals surface area contributed by atoms with Gasteiger partial charge in [-0.15, -0.1) is 0 Å². The number of pyridine rings is 1. The van der Waals surface area contributed by atoms with Gasteiger partial charge in [0.15, 0.2) is 11.9 Å². The molecule has 1 N–H and O–H groups in total. The zero-order chi connectivity index (χ0) is 14.1. The van der Waals surface area contributed by atoms with Gasteiger partial charge in [-0.3, -0.25) is 9.78 Å². The number of nitrogens with zero attached hydrogens (tertiary/aromatic N) is 4. The number of rotatable bonds is 3. The molecule has 0 atom stereocenters. The standard InChI is InChI=1S/C13H10ClN5O/c1-8-4-12(17-11-2-3-15-6-10(11)14)18-13-9(7-20)5-16-19(8)13/h2-7H,1H3,(H,15,17,18). The summed E-state index contributed by atoms with van der Waals surface area (Å²) in [5, 5.41) is 7.72. The van der Waals surface area contributed by atoms with E-state index in [-0.39, 0.29) is 0 Å². The Morgan fingerprint density at radius 2 is 2.25 bits per heavy atom. The average molecular weight is 288 g/mol. The fraction of sp³-hybridized carbons (Fsp3) is 0.0769. The van der Waals surface area contributed by atoms with Crippen LogP contribution in [0.25, 0.3) is 5.65 Å². The van der Waals surface area contributed by atoms with Gasteiger partial charge in [0.25, 0.3) is 0 Å². The molecule has 20 heavy (non-hydrogen) atoms. The van der Waals surface area contributed by atoms with Gasteiger partial charge in [0.1, 0.15) is 5.82 Å². The summed E-state index contributed by atoms with van der Waals surface area (Å²) in [7, 11) is 0. The van der Waals surface area contributed by atoms with Crippen molar-refractivity contribution in [1.29, 1.82) is 0 Å². The normalized spacial score (nSPS) is 10.7. The fourth-order valence-corrected chi connectivity index (χ4v) is 2.06. The van der Waals surface area contributed by atoms with E-state index in [1.165, 1.54) is 6.20 Å². The molecular weight excluding hydrogens is 278 g/mol. The number of hydrogen-bond donors (Lipinski definition) is 1. The Kier molecular flexibility index (Phi) is 3.08. The topological polar surface area (TPSA) is 72.2 Å². The predicted molar refractivity (Wildman–Crippen MR) is 75.6 cm³/mol. The molecule has 0 amide bonds. The van der Waals surface area contributed by atoms with E-state index in [9.17, 15) is 4.79 Å². The molecule has 0 saturated heterocycles. The minimum absolute atomic E-state index is 0.442. The van der Waals surface area contributed by atoms with Crippen molar-refractivity contribution in [3.63, 3.8) is 0 Å². The SMILES string of the molecule is Cc1cc(Nc2ccncc2Cl)nc2c(C=O)cnn12. The molecule has 7 heteroatoms. The minimum atomic E-state index is 0.442. The molecule has 100 valence electrons. The van der Waals surface area contributed by atoms with Gasteiger partial charge in [0, 0.05) is 24.2 Å². The quantitative estimate of drug-likeness (QED) is 0.750. The third-order valence-corrected chi connectivity index (χ3v) is 3.14. The van der Waals surface area contributed by atoms with E-state index in [1.54, 1.807) is 23.0 Å². The number of aromatic nitrogens is 4. The maximum absolute atomic E-state index is 11.0. The molecule has 0 fully saturated rings. The Morgan fingerprint density at radius 3 is 3.00 bits per heavy atom. The first-order valence-corrected chi connectivity index (χ1v) is 6.24. The predicted octanol–water partition coefficient (Wildman–Crippen LogP) is 2.64. The number of fused-ring (bicyclic) bond motifs is 1. The molecule has 0 aliphatic rings. The van der Waals surface area contributed by atoms with Crippen LogP contribution in [-0.4, -0.2) is 25.9 Å². The van der Waals surface area contributed by atoms with Crippen molar-refractivity contribution in [2.75, 3.05) is 5.32 Å². The molecule has 3 aromatic heterocycles. The molecule has 0 unspecified atom stereocenters. The maximum atomic E-state index is 11.0. The molecule has 0 aromatic carbocycles. The second-order valence-corrected chi connectivity index (χ2v) is 4.62. The molecule has 3 heterocycles. The van der Waals surface area contributed by atoms with E-state index >= 15 is 0 Å². The summed E-state index contributed by atoms with van der Waals surface area (Å²) in [4.78, 5) is 19.3. The van der Waals surface area contributed by atoms with E-state index in [0.717, 1.165) is 12.0 Å². The summed E-state index contributed by atoms with van der Waals surface area (Å²) in [5.41, 5.74) is 2.51. The summed E-state index contributed by atoms with van der Waals surface area (Å²) in [6.07, 6.45) is 5.41. The van der Waals surface area contributed by atoms with Crippen LogP contribution < -0.4 is 5.32 Å². The largest absolute Gasteiger partial charge is 0.339 e. The fourth-order valence-electron chi connectivity index (χ4n) is 1.89. The highest BCUT2D eigenvalue weighted by molar-refractivity contribution is 6.33. The number of hydrogen-bond acceptors (Lipinski definition) is 5. The molecule has 6 nitrogen and oxygen atoms in total. The van der Waals surface area contributed by atoms with Gasteiger partial charge in [-0.05, 0) is 13.0 Å². The van der Waals surface area contributed by atoms with Crippen molar-refractivity contribution in [3.8, 4) is 0 Å². The highest BCUT2D eigenvalue weighted by Gasteiger charge is 2.09. The van der Waals surface area contributed by atoms with Gasteiger partial charge in [0.2, 0.25) is 0 Å². The molecule has 0 radical (unpaired) electrons. The summed E-state index contributed by atoms with van der Waals surface area (Å²) in [5.74, 6) is 0.590. The lowest BCUT2D eigenvalue weighted by molar-refractivity contribution is 0.112. The van der Waals surface area contributed by atoms with Gasteiger partial charge < -0.3 is 5.32 Å². The van der Waals surface area contributed by atoms with Crippen LogP contribution in [0.15, 0.2) is 30.7 Å². The molecular formula is C13H10ClN5O. The van der Waals surface area contributed by atoms with Gasteiger partial charge in [0.05, 0.1) is 22.5 Å². The highest BCUT2D eigenvalue weighted by atomic mass is 35.5. The molecule has 0 bridgehead atoms. The monoisotopic (exact) mass is 287 g/mol. The Hall–Kier alpha value is -2.47. The number of nitrogens with one attached hydrogen (secondary N) is 1. The van der Waals surface area contributed by atoms with E-state index in [2.05, 4.69) is 20.4 Å². The van der Waals surface area contributed by atoms with Gasteiger partial charge >= 0.3 is 0 Å². The Bertz CT molecular complexity index is 799. The minimum Gasteiger partial charge on any atom is -0.339 e. The van der Waals surface area contributed by atoms with E-state index < -0.39 is 0 Å². The van der Waals surface area contributed by atoms with Crippen molar-refractivity contribution in [1.82, 2.24) is 19.6 Å². The molecule has 0 saturated carbocycles. The van der Waals surface area contributed by atoms with Gasteiger partial charge in [-0.1, -0.05) is 11.6 Å². The zero-order valence-electron chi connectivity index (χ0n) is 10.5. The average Bonchev–Trinajstić information content (AvgIpc) is 2.85. The molecule has 3 rings (SSSR count). The lowest BCUT2D eigenvalue weighted by atomic mass is 10.3. The maximum Gasteiger partial charge on any atom is 0.168 e. The lowest BCUT2D eigenvalue weighted by Crippen LogP contribution is -2.01. The number of anilines is 2. The van der Waals surface area contributed by atoms with Gasteiger partial charge in [-0.2, -0.15) is 5.10 Å². The number of aldehydes is 1. The summed E-state index contributed by atoms with van der Waals surface area (Å²) in [6, 6.07) is 3.58. The van der Waals surface area contributed by atoms with Gasteiger partial charge in [-0.25, -0.2) is 9.50 Å². The van der Waals surface area contributed by atoms with E-state index in [4.69, 9.17) is 11.6 Å². The van der Waals surface area contributed by atoms with Crippen molar-refractivity contribution < 1.29 is 4.79 Å². The first kappa shape index (κ1) is 12.6. The summed E-state index contributed by atoms with van der Waals surface area (Å²) in [6.45, 7) is 1.88. The smallest absolute Gasteiger partial charge is 0.168 e. The van der Waals surface area contributed by atoms with Crippen LogP contribution in [0.5, 0.6) is 0 Å². The third kappa shape index (κ3) is 2.10. The molecule has 0 aliphatic heterocycles. The van der Waals surface area contributed by atoms with Crippen molar-refractivity contribution >= 4 is 35.0 Å². The first-order chi connectivity index (χ1) is 9.69. The first-order valence-electron chi connectivity index (χ1n) is 5.86. The highest BCUT2D eigenvalue weighted by Crippen LogP contribution is 2.24. The summed E-state index contributed by atoms with van der Waals surface area (Å²) < 4.78 is 1.61. The van der Waals surface area contributed by atoms with Crippen LogP contribution in [-0.2, 0) is 0 Å². The molecule has 0 aliphatic carbocycles.